The van der Waals surface area contributed by atoms with Gasteiger partial charge < -0.3 is 20.2 Å². The van der Waals surface area contributed by atoms with Crippen molar-refractivity contribution < 1.29 is 4.39 Å². The first-order valence-corrected chi connectivity index (χ1v) is 8.91. The molecule has 3 heterocycles. The van der Waals surface area contributed by atoms with Crippen molar-refractivity contribution >= 4 is 39.8 Å². The topological polar surface area (TPSA) is 76.8 Å². The van der Waals surface area contributed by atoms with E-state index in [1.807, 2.05) is 26.2 Å². The third-order valence-corrected chi connectivity index (χ3v) is 4.64. The highest BCUT2D eigenvalue weighted by atomic mass is 35.5. The van der Waals surface area contributed by atoms with Gasteiger partial charge in [-0.3, -0.25) is 9.78 Å². The third-order valence-electron chi connectivity index (χ3n) is 4.40. The fourth-order valence-corrected chi connectivity index (χ4v) is 3.25. The van der Waals surface area contributed by atoms with Crippen LogP contribution in [0, 0.1) is 5.82 Å². The number of nitrogens with zero attached hydrogens (tertiary/aromatic N) is 2. The van der Waals surface area contributed by atoms with Crippen molar-refractivity contribution in [1.29, 1.82) is 0 Å². The molecule has 4 aromatic rings. The maximum Gasteiger partial charge on any atom is 0.257 e. The SMILES string of the molecule is CN(C)c1[nH]c(=O)c(-c2cc(Cl)ccc2F)cc1Nc1ccnc2cc[nH]c12. The van der Waals surface area contributed by atoms with Gasteiger partial charge in [-0.1, -0.05) is 11.6 Å². The van der Waals surface area contributed by atoms with Gasteiger partial charge in [0.05, 0.1) is 28.0 Å². The zero-order valence-electron chi connectivity index (χ0n) is 15.2. The molecule has 0 saturated heterocycles. The van der Waals surface area contributed by atoms with Crippen LogP contribution in [0.15, 0.2) is 53.6 Å². The maximum absolute atomic E-state index is 14.4. The second-order valence-electron chi connectivity index (χ2n) is 6.51. The molecule has 4 rings (SSSR count). The zero-order chi connectivity index (χ0) is 19.8. The van der Waals surface area contributed by atoms with E-state index >= 15 is 0 Å². The molecular weight excluding hydrogens is 381 g/mol. The Kier molecular flexibility index (Phi) is 4.52. The van der Waals surface area contributed by atoms with Crippen LogP contribution in [0.4, 0.5) is 21.6 Å². The minimum Gasteiger partial charge on any atom is -0.362 e. The van der Waals surface area contributed by atoms with Gasteiger partial charge in [0.15, 0.2) is 0 Å². The number of hydrogen-bond acceptors (Lipinski definition) is 4. The zero-order valence-corrected chi connectivity index (χ0v) is 15.9. The summed E-state index contributed by atoms with van der Waals surface area (Å²) in [5, 5.41) is 3.67. The largest absolute Gasteiger partial charge is 0.362 e. The first kappa shape index (κ1) is 18.1. The molecule has 0 atom stereocenters. The molecule has 0 radical (unpaired) electrons. The van der Waals surface area contributed by atoms with Crippen LogP contribution in [0.25, 0.3) is 22.2 Å². The summed E-state index contributed by atoms with van der Waals surface area (Å²) in [6.45, 7) is 0. The lowest BCUT2D eigenvalue weighted by molar-refractivity contribution is 0.631. The molecule has 0 spiro atoms. The Morgan fingerprint density at radius 2 is 1.93 bits per heavy atom. The molecule has 0 aliphatic heterocycles. The van der Waals surface area contributed by atoms with Crippen LogP contribution in [0.1, 0.15) is 0 Å². The van der Waals surface area contributed by atoms with Crippen LogP contribution < -0.4 is 15.8 Å². The van der Waals surface area contributed by atoms with E-state index in [1.54, 1.807) is 23.4 Å². The lowest BCUT2D eigenvalue weighted by Gasteiger charge is -2.19. The standard InChI is InChI=1S/C20H17ClFN5O/c1-27(2)19-17(25-16-6-7-23-15-5-8-24-18(15)16)10-13(20(28)26-19)12-9-11(21)3-4-14(12)22/h3-10,24H,1-2H3,(H,23,25)(H,26,28). The van der Waals surface area contributed by atoms with Crippen LogP contribution in [0.3, 0.4) is 0 Å². The number of pyridine rings is 2. The number of halogens is 2. The number of aromatic amines is 2. The summed E-state index contributed by atoms with van der Waals surface area (Å²) in [5.74, 6) is 0.0434. The molecule has 1 aromatic carbocycles. The second-order valence-corrected chi connectivity index (χ2v) is 6.95. The Hall–Kier alpha value is -3.32. The quantitative estimate of drug-likeness (QED) is 0.473. The minimum absolute atomic E-state index is 0.141. The Morgan fingerprint density at radius 3 is 2.71 bits per heavy atom. The Balaban J connectivity index is 1.89. The van der Waals surface area contributed by atoms with Crippen molar-refractivity contribution in [2.24, 2.45) is 0 Å². The number of rotatable bonds is 4. The summed E-state index contributed by atoms with van der Waals surface area (Å²) in [6, 6.07) is 9.45. The van der Waals surface area contributed by atoms with Gasteiger partial charge in [0.25, 0.3) is 5.56 Å². The van der Waals surface area contributed by atoms with Gasteiger partial charge in [-0.25, -0.2) is 4.39 Å². The van der Waals surface area contributed by atoms with E-state index in [4.69, 9.17) is 11.6 Å². The van der Waals surface area contributed by atoms with Crippen molar-refractivity contribution in [3.63, 3.8) is 0 Å². The lowest BCUT2D eigenvalue weighted by atomic mass is 10.1. The molecule has 3 N–H and O–H groups in total. The van der Waals surface area contributed by atoms with Gasteiger partial charge in [0.2, 0.25) is 0 Å². The van der Waals surface area contributed by atoms with Crippen LogP contribution in [-0.2, 0) is 0 Å². The number of nitrogens with one attached hydrogen (secondary N) is 3. The Bertz CT molecular complexity index is 1230. The predicted octanol–water partition coefficient (Wildman–Crippen LogP) is 4.52. The maximum atomic E-state index is 14.4. The summed E-state index contributed by atoms with van der Waals surface area (Å²) in [7, 11) is 3.62. The molecule has 0 aliphatic rings. The van der Waals surface area contributed by atoms with Crippen molar-refractivity contribution in [2.75, 3.05) is 24.3 Å². The minimum atomic E-state index is -0.519. The van der Waals surface area contributed by atoms with E-state index in [-0.39, 0.29) is 11.1 Å². The molecule has 6 nitrogen and oxygen atoms in total. The van der Waals surface area contributed by atoms with Crippen molar-refractivity contribution in [2.45, 2.75) is 0 Å². The molecule has 142 valence electrons. The number of anilines is 3. The average Bonchev–Trinajstić information content (AvgIpc) is 3.14. The normalized spacial score (nSPS) is 11.0. The first-order valence-electron chi connectivity index (χ1n) is 8.53. The summed E-state index contributed by atoms with van der Waals surface area (Å²) in [5.41, 5.74) is 2.95. The van der Waals surface area contributed by atoms with E-state index in [0.29, 0.717) is 16.5 Å². The van der Waals surface area contributed by atoms with Crippen LogP contribution >= 0.6 is 11.6 Å². The van der Waals surface area contributed by atoms with Crippen LogP contribution in [0.2, 0.25) is 5.02 Å². The fourth-order valence-electron chi connectivity index (χ4n) is 3.08. The van der Waals surface area contributed by atoms with E-state index < -0.39 is 11.4 Å². The van der Waals surface area contributed by atoms with Gasteiger partial charge in [0.1, 0.15) is 11.6 Å². The molecule has 3 aromatic heterocycles. The van der Waals surface area contributed by atoms with Crippen molar-refractivity contribution in [3.8, 4) is 11.1 Å². The van der Waals surface area contributed by atoms with Crippen molar-refractivity contribution in [1.82, 2.24) is 15.0 Å². The van der Waals surface area contributed by atoms with Gasteiger partial charge in [0, 0.05) is 37.1 Å². The Morgan fingerprint density at radius 1 is 1.11 bits per heavy atom. The summed E-state index contributed by atoms with van der Waals surface area (Å²) in [6.07, 6.45) is 3.49. The molecular formula is C20H17ClFN5O. The number of hydrogen-bond donors (Lipinski definition) is 3. The number of fused-ring (bicyclic) bond motifs is 1. The molecule has 0 bridgehead atoms. The van der Waals surface area contributed by atoms with Crippen molar-refractivity contribution in [3.05, 3.63) is 70.0 Å². The summed E-state index contributed by atoms with van der Waals surface area (Å²) >= 11 is 6.01. The molecule has 0 unspecified atom stereocenters. The van der Waals surface area contributed by atoms with E-state index in [1.165, 1.54) is 18.2 Å². The molecule has 0 aliphatic carbocycles. The molecule has 0 saturated carbocycles. The molecule has 28 heavy (non-hydrogen) atoms. The summed E-state index contributed by atoms with van der Waals surface area (Å²) in [4.78, 5) is 24.7. The van der Waals surface area contributed by atoms with Gasteiger partial charge in [-0.05, 0) is 36.4 Å². The molecule has 0 amide bonds. The Labute approximate surface area is 165 Å². The third kappa shape index (κ3) is 3.20. The highest BCUT2D eigenvalue weighted by Crippen LogP contribution is 2.32. The van der Waals surface area contributed by atoms with E-state index in [2.05, 4.69) is 20.3 Å². The smallest absolute Gasteiger partial charge is 0.257 e. The van der Waals surface area contributed by atoms with Crippen LogP contribution in [-0.4, -0.2) is 29.0 Å². The van der Waals surface area contributed by atoms with Gasteiger partial charge in [-0.15, -0.1) is 0 Å². The van der Waals surface area contributed by atoms with Gasteiger partial charge >= 0.3 is 0 Å². The first-order chi connectivity index (χ1) is 13.4. The number of H-pyrrole nitrogens is 2. The fraction of sp³-hybridized carbons (Fsp3) is 0.100. The van der Waals surface area contributed by atoms with Crippen LogP contribution in [0.5, 0.6) is 0 Å². The molecule has 0 fully saturated rings. The van der Waals surface area contributed by atoms with E-state index in [0.717, 1.165) is 16.7 Å². The second kappa shape index (κ2) is 7.01. The highest BCUT2D eigenvalue weighted by molar-refractivity contribution is 6.30. The van der Waals surface area contributed by atoms with E-state index in [9.17, 15) is 9.18 Å². The number of aromatic nitrogens is 3. The predicted molar refractivity (Wildman–Crippen MR) is 111 cm³/mol. The van der Waals surface area contributed by atoms with Gasteiger partial charge in [-0.2, -0.15) is 0 Å². The monoisotopic (exact) mass is 397 g/mol. The highest BCUT2D eigenvalue weighted by Gasteiger charge is 2.16. The summed E-state index contributed by atoms with van der Waals surface area (Å²) < 4.78 is 14.4. The molecule has 8 heteroatoms. The number of benzene rings is 1. The lowest BCUT2D eigenvalue weighted by Crippen LogP contribution is -2.20. The average molecular weight is 398 g/mol.